The van der Waals surface area contributed by atoms with E-state index >= 15 is 0 Å². The molecule has 0 radical (unpaired) electrons. The first-order valence-electron chi connectivity index (χ1n) is 17.2. The highest BCUT2D eigenvalue weighted by Crippen LogP contribution is 2.45. The van der Waals surface area contributed by atoms with E-state index in [4.69, 9.17) is 16.0 Å². The molecule has 4 heteroatoms. The van der Waals surface area contributed by atoms with Gasteiger partial charge in [0.1, 0.15) is 0 Å². The zero-order chi connectivity index (χ0) is 32.5. The molecular weight excluding hydrogens is 587 g/mol. The third-order valence-corrected chi connectivity index (χ3v) is 10.9. The molecule has 0 bridgehead atoms. The number of nitrogens with zero attached hydrogens (tertiary/aromatic N) is 3. The number of pyridine rings is 3. The summed E-state index contributed by atoms with van der Waals surface area (Å²) < 4.78 is 11.7. The van der Waals surface area contributed by atoms with Gasteiger partial charge in [0.2, 0.25) is 17.1 Å². The van der Waals surface area contributed by atoms with Crippen molar-refractivity contribution in [2.45, 2.75) is 58.4 Å². The average Bonchev–Trinajstić information content (AvgIpc) is 3.48. The van der Waals surface area contributed by atoms with Crippen LogP contribution >= 0.6 is 0 Å². The highest BCUT2D eigenvalue weighted by atomic mass is 16.3. The van der Waals surface area contributed by atoms with Crippen molar-refractivity contribution in [2.75, 3.05) is 0 Å². The SMILES string of the molecule is C=C1CC2c3ccccc3-c3cccc[n+]3C2CCc2ccc3c(oc4nc(-c5c(C)cccc5C)ccc43)c2-c2cc(CC)cc[n+]21. The first-order chi connectivity index (χ1) is 23.5. The maximum absolute atomic E-state index is 6.88. The van der Waals surface area contributed by atoms with E-state index in [-0.39, 0.29) is 0 Å². The van der Waals surface area contributed by atoms with Crippen molar-refractivity contribution < 1.29 is 13.6 Å². The lowest BCUT2D eigenvalue weighted by Gasteiger charge is -2.31. The van der Waals surface area contributed by atoms with Crippen LogP contribution in [-0.2, 0) is 12.8 Å². The fourth-order valence-corrected chi connectivity index (χ4v) is 8.51. The molecule has 2 atom stereocenters. The molecule has 0 N–H and O–H groups in total. The molecule has 48 heavy (non-hydrogen) atoms. The van der Waals surface area contributed by atoms with Gasteiger partial charge in [0.05, 0.1) is 17.2 Å². The van der Waals surface area contributed by atoms with E-state index in [1.807, 2.05) is 0 Å². The van der Waals surface area contributed by atoms with Crippen LogP contribution in [0.25, 0.3) is 61.5 Å². The van der Waals surface area contributed by atoms with Crippen LogP contribution < -0.4 is 9.13 Å². The van der Waals surface area contributed by atoms with Gasteiger partial charge in [0.15, 0.2) is 29.7 Å². The van der Waals surface area contributed by atoms with Gasteiger partial charge >= 0.3 is 0 Å². The molecular formula is C44H39N3O+2. The van der Waals surface area contributed by atoms with E-state index in [0.717, 1.165) is 64.7 Å². The molecule has 0 amide bonds. The smallest absolute Gasteiger partial charge is 0.227 e. The number of benzene rings is 3. The van der Waals surface area contributed by atoms with Crippen molar-refractivity contribution in [3.8, 4) is 33.8 Å². The van der Waals surface area contributed by atoms with Gasteiger partial charge in [-0.2, -0.15) is 9.13 Å². The van der Waals surface area contributed by atoms with Crippen molar-refractivity contribution in [1.82, 2.24) is 4.98 Å². The van der Waals surface area contributed by atoms with Gasteiger partial charge in [-0.05, 0) is 85.4 Å². The van der Waals surface area contributed by atoms with Crippen molar-refractivity contribution >= 4 is 27.8 Å². The Bertz CT molecular complexity index is 2410. The normalized spacial score (nSPS) is 16.9. The monoisotopic (exact) mass is 625 g/mol. The molecule has 4 aromatic heterocycles. The van der Waals surface area contributed by atoms with Crippen molar-refractivity contribution in [3.63, 3.8) is 0 Å². The van der Waals surface area contributed by atoms with Gasteiger partial charge in [-0.15, -0.1) is 0 Å². The molecule has 0 saturated heterocycles. The van der Waals surface area contributed by atoms with E-state index in [1.54, 1.807) is 0 Å². The summed E-state index contributed by atoms with van der Waals surface area (Å²) in [7, 11) is 0. The Morgan fingerprint density at radius 3 is 2.48 bits per heavy atom. The quantitative estimate of drug-likeness (QED) is 0.179. The summed E-state index contributed by atoms with van der Waals surface area (Å²) in [6.45, 7) is 11.3. The standard InChI is InChI=1S/C44H39N3O/c1-5-30-22-24-46-29(4)25-36-32-13-6-7-14-33(32)38-15-8-9-23-47(38)39(36)21-17-31-16-18-34-35-19-20-37(41-27(2)11-10-12-28(41)3)45-44(35)48-43(34)42(31)40(46)26-30/h6-16,18-20,22-24,26,36,39H,4-5,17,21,25H2,1-3H3/q+2. The van der Waals surface area contributed by atoms with Gasteiger partial charge < -0.3 is 4.42 Å². The highest BCUT2D eigenvalue weighted by Gasteiger charge is 2.42. The highest BCUT2D eigenvalue weighted by molar-refractivity contribution is 6.09. The minimum absolute atomic E-state index is 0.297. The molecule has 7 aromatic rings. The summed E-state index contributed by atoms with van der Waals surface area (Å²) >= 11 is 0. The second-order valence-electron chi connectivity index (χ2n) is 13.6. The minimum atomic E-state index is 0.297. The van der Waals surface area contributed by atoms with Crippen molar-refractivity contribution in [3.05, 3.63) is 144 Å². The lowest BCUT2D eigenvalue weighted by atomic mass is 9.77. The van der Waals surface area contributed by atoms with Crippen LogP contribution in [0.1, 0.15) is 59.5 Å². The van der Waals surface area contributed by atoms with Crippen LogP contribution in [0.5, 0.6) is 0 Å². The first-order valence-corrected chi connectivity index (χ1v) is 17.2. The van der Waals surface area contributed by atoms with Crippen molar-refractivity contribution in [1.29, 1.82) is 0 Å². The second-order valence-corrected chi connectivity index (χ2v) is 13.6. The Morgan fingerprint density at radius 2 is 1.62 bits per heavy atom. The fraction of sp³-hybridized carbons (Fsp3) is 0.205. The maximum atomic E-state index is 6.88. The third-order valence-electron chi connectivity index (χ3n) is 10.9. The predicted molar refractivity (Wildman–Crippen MR) is 194 cm³/mol. The third kappa shape index (κ3) is 4.39. The molecule has 2 aliphatic rings. The number of aromatic nitrogens is 3. The lowest BCUT2D eigenvalue weighted by Crippen LogP contribution is -2.48. The number of rotatable bonds is 2. The molecule has 0 saturated carbocycles. The Labute approximate surface area is 281 Å². The molecule has 0 fully saturated rings. The summed E-state index contributed by atoms with van der Waals surface area (Å²) in [6.07, 6.45) is 8.25. The summed E-state index contributed by atoms with van der Waals surface area (Å²) in [4.78, 5) is 5.14. The van der Waals surface area contributed by atoms with E-state index in [2.05, 4.69) is 139 Å². The molecule has 234 valence electrons. The summed E-state index contributed by atoms with van der Waals surface area (Å²) in [5.74, 6) is 0.309. The predicted octanol–water partition coefficient (Wildman–Crippen LogP) is 9.88. The average molecular weight is 626 g/mol. The van der Waals surface area contributed by atoms with Crippen LogP contribution in [-0.4, -0.2) is 4.98 Å². The molecule has 3 aromatic carbocycles. The van der Waals surface area contributed by atoms with Gasteiger partial charge in [0, 0.05) is 59.0 Å². The number of hydrogen-bond donors (Lipinski definition) is 0. The van der Waals surface area contributed by atoms with Gasteiger partial charge in [-0.25, -0.2) is 4.98 Å². The first kappa shape index (κ1) is 28.8. The number of aryl methyl sites for hydroxylation is 4. The lowest BCUT2D eigenvalue weighted by molar-refractivity contribution is -0.719. The largest absolute Gasteiger partial charge is 0.437 e. The van der Waals surface area contributed by atoms with E-state index in [9.17, 15) is 0 Å². The molecule has 9 rings (SSSR count). The van der Waals surface area contributed by atoms with Crippen LogP contribution in [0.15, 0.2) is 120 Å². The Kier molecular flexibility index (Phi) is 6.68. The fourth-order valence-electron chi connectivity index (χ4n) is 8.51. The Morgan fingerprint density at radius 1 is 0.812 bits per heavy atom. The summed E-state index contributed by atoms with van der Waals surface area (Å²) in [5.41, 5.74) is 16.2. The number of furan rings is 1. The van der Waals surface area contributed by atoms with Crippen LogP contribution in [0.3, 0.4) is 0 Å². The maximum Gasteiger partial charge on any atom is 0.227 e. The zero-order valence-corrected chi connectivity index (χ0v) is 27.8. The second kappa shape index (κ2) is 11.1. The summed E-state index contributed by atoms with van der Waals surface area (Å²) in [6, 6.07) is 35.8. The van der Waals surface area contributed by atoms with E-state index < -0.39 is 0 Å². The minimum Gasteiger partial charge on any atom is -0.437 e. The van der Waals surface area contributed by atoms with E-state index in [1.165, 1.54) is 44.6 Å². The van der Waals surface area contributed by atoms with Crippen LogP contribution in [0.4, 0.5) is 0 Å². The number of hydrogen-bond acceptors (Lipinski definition) is 2. The Balaban J connectivity index is 1.27. The van der Waals surface area contributed by atoms with Crippen molar-refractivity contribution in [2.24, 2.45) is 0 Å². The topological polar surface area (TPSA) is 33.8 Å². The molecule has 6 heterocycles. The van der Waals surface area contributed by atoms with Gasteiger partial charge in [-0.1, -0.05) is 55.5 Å². The summed E-state index contributed by atoms with van der Waals surface area (Å²) in [5, 5.41) is 2.15. The number of fused-ring (bicyclic) bond motifs is 13. The van der Waals surface area contributed by atoms with E-state index in [0.29, 0.717) is 17.7 Å². The van der Waals surface area contributed by atoms with Gasteiger partial charge in [-0.3, -0.25) is 0 Å². The molecule has 2 aliphatic heterocycles. The zero-order valence-electron chi connectivity index (χ0n) is 27.8. The molecule has 4 nitrogen and oxygen atoms in total. The Hall–Kier alpha value is -5.35. The molecule has 0 spiro atoms. The molecule has 2 unspecified atom stereocenters. The van der Waals surface area contributed by atoms with Gasteiger partial charge in [0.25, 0.3) is 0 Å². The van der Waals surface area contributed by atoms with Crippen LogP contribution in [0, 0.1) is 13.8 Å². The molecule has 0 aliphatic carbocycles. The van der Waals surface area contributed by atoms with Crippen LogP contribution in [0.2, 0.25) is 0 Å². The number of allylic oxidation sites excluding steroid dienone is 1.